The number of aliphatic imine (C=N–C) groups is 5. The highest BCUT2D eigenvalue weighted by Gasteiger charge is 2.60. The molecule has 294 valence electrons. The monoisotopic (exact) mass is 828 g/mol. The van der Waals surface area contributed by atoms with E-state index in [1.165, 1.54) is 0 Å². The molecule has 4 aliphatic heterocycles. The molecule has 4 aliphatic rings. The Hall–Kier alpha value is -6.60. The largest absolute Gasteiger partial charge is 0.624 e. The molecule has 0 aliphatic carbocycles. The van der Waals surface area contributed by atoms with E-state index in [2.05, 4.69) is 33.4 Å². The average molecular weight is 829 g/mol. The fourth-order valence-corrected chi connectivity index (χ4v) is 15.9. The molecule has 10 nitrogen and oxygen atoms in total. The molecule has 0 fully saturated rings. The highest BCUT2D eigenvalue weighted by molar-refractivity contribution is 7.74. The normalized spacial score (nSPS) is 15.9. The van der Waals surface area contributed by atoms with Crippen LogP contribution < -0.4 is 10.6 Å². The van der Waals surface area contributed by atoms with Crippen molar-refractivity contribution < 1.29 is 9.09 Å². The number of nitrogens with zero attached hydrogens (tertiary/aromatic N) is 7. The van der Waals surface area contributed by atoms with Crippen molar-refractivity contribution in [2.75, 3.05) is 0 Å². The van der Waals surface area contributed by atoms with E-state index in [0.717, 1.165) is 44.2 Å². The molecular weight excluding hydrogens is 791 g/mol. The molecular formula is C49H38AlN8O2P. The van der Waals surface area contributed by atoms with Crippen molar-refractivity contribution in [3.05, 3.63) is 191 Å². The summed E-state index contributed by atoms with van der Waals surface area (Å²) in [6, 6.07) is 51.2. The van der Waals surface area contributed by atoms with Crippen LogP contribution in [0.15, 0.2) is 183 Å². The summed E-state index contributed by atoms with van der Waals surface area (Å²) >= 11 is -3.31. The molecule has 1 aromatic heterocycles. The average Bonchev–Trinajstić information content (AvgIpc) is 4.05. The van der Waals surface area contributed by atoms with Gasteiger partial charge in [0.1, 0.15) is 23.3 Å². The third-order valence-corrected chi connectivity index (χ3v) is 18.8. The first-order chi connectivity index (χ1) is 29.9. The number of amidine groups is 5. The number of nitrogens with one attached hydrogen (secondary N) is 1. The molecule has 7 aromatic rings. The predicted molar refractivity (Wildman–Crippen MR) is 248 cm³/mol. The minimum atomic E-state index is -3.85. The smallest absolute Gasteiger partial charge is 0.382 e. The van der Waals surface area contributed by atoms with Gasteiger partial charge >= 0.3 is 14.6 Å². The van der Waals surface area contributed by atoms with Crippen molar-refractivity contribution >= 4 is 90.4 Å². The number of aromatic nitrogens is 1. The van der Waals surface area contributed by atoms with Crippen LogP contribution in [-0.2, 0) is 9.09 Å². The first-order valence-corrected chi connectivity index (χ1v) is 23.8. The van der Waals surface area contributed by atoms with E-state index in [-0.39, 0.29) is 5.84 Å². The van der Waals surface area contributed by atoms with Gasteiger partial charge in [-0.05, 0) is 37.1 Å². The number of benzene rings is 6. The van der Waals surface area contributed by atoms with Gasteiger partial charge in [-0.2, -0.15) is 0 Å². The Morgan fingerprint density at radius 3 is 1.84 bits per heavy atom. The molecule has 1 N–H and O–H groups in total. The molecule has 2 bridgehead atoms. The zero-order chi connectivity index (χ0) is 41.3. The molecule has 6 aromatic carbocycles. The minimum Gasteiger partial charge on any atom is -0.382 e. The molecule has 0 saturated carbocycles. The Morgan fingerprint density at radius 2 is 1.18 bits per heavy atom. The summed E-state index contributed by atoms with van der Waals surface area (Å²) in [6.45, 7) is 4.20. The fraction of sp³-hybridized carbons (Fsp3) is 0.102. The fourth-order valence-electron chi connectivity index (χ4n) is 9.10. The molecule has 0 atom stereocenters. The summed E-state index contributed by atoms with van der Waals surface area (Å²) in [5, 5.41) is 13.1. The first kappa shape index (κ1) is 37.4. The highest BCUT2D eigenvalue weighted by atomic mass is 31.2. The Kier molecular flexibility index (Phi) is 8.92. The van der Waals surface area contributed by atoms with Crippen LogP contribution in [0.1, 0.15) is 60.1 Å². The summed E-state index contributed by atoms with van der Waals surface area (Å²) in [4.78, 5) is 26.5. The molecule has 11 rings (SSSR count). The first-order valence-electron chi connectivity index (χ1n) is 20.5. The second-order valence-electron chi connectivity index (χ2n) is 15.4. The standard InChI is InChI=1S/C32H18N8.C17H20O2P.Al/c33-26-20-11-3-4-12-21(20)28(35-26)37-30-24-15-7-8-16-25(24)32(39-30)40-31-23-14-6-5-13-22(23)29(38-31)36-27-19-10-2-1-9-18(19)17-34-27;1-3-15(4-2)19-20(18,16-11-7-5-8-12-16)17-13-9-6-10-14-17;/h1-17H,(H-,33,35,37,39,40);5-14H,3-4H2,1-2H3;/q-2;;+2. The van der Waals surface area contributed by atoms with Gasteiger partial charge in [-0.1, -0.05) is 147 Å². The maximum Gasteiger partial charge on any atom is 0.624 e. The van der Waals surface area contributed by atoms with Gasteiger partial charge in [-0.25, -0.2) is 25.0 Å². The third kappa shape index (κ3) is 5.77. The van der Waals surface area contributed by atoms with Crippen LogP contribution in [0.5, 0.6) is 0 Å². The Labute approximate surface area is 357 Å². The van der Waals surface area contributed by atoms with Gasteiger partial charge in [0.15, 0.2) is 17.5 Å². The van der Waals surface area contributed by atoms with E-state index in [9.17, 15) is 5.41 Å². The van der Waals surface area contributed by atoms with Crippen LogP contribution in [-0.4, -0.2) is 61.9 Å². The SMILES string of the molecule is CC[C](CC)(OP(=O)(c1ccccc1)c1ccccc1)[Al]1[N]2C(=N)c3ccccc3C2=NC2=NC(=Nc3c4ccccc4c(N=C4N=Cc5ccccc54)[n]31)c1ccccc12. The maximum absolute atomic E-state index is 16.3. The topological polar surface area (TPSA) is 120 Å². The summed E-state index contributed by atoms with van der Waals surface area (Å²) in [7, 11) is -3.85. The van der Waals surface area contributed by atoms with Crippen molar-refractivity contribution in [3.63, 3.8) is 0 Å². The van der Waals surface area contributed by atoms with Gasteiger partial charge in [0.05, 0.1) is 4.46 Å². The maximum atomic E-state index is 16.3. The molecule has 12 heteroatoms. The summed E-state index contributed by atoms with van der Waals surface area (Å²) < 4.78 is 27.1. The summed E-state index contributed by atoms with van der Waals surface area (Å²) in [6.07, 6.45) is 2.74. The number of fused-ring (bicyclic) bond motifs is 11. The predicted octanol–water partition coefficient (Wildman–Crippen LogP) is 9.47. The summed E-state index contributed by atoms with van der Waals surface area (Å²) in [5.74, 6) is 3.74. The van der Waals surface area contributed by atoms with E-state index in [0.29, 0.717) is 58.4 Å². The zero-order valence-corrected chi connectivity index (χ0v) is 35.5. The second kappa shape index (κ2) is 14.5. The molecule has 61 heavy (non-hydrogen) atoms. The van der Waals surface area contributed by atoms with E-state index in [4.69, 9.17) is 29.5 Å². The lowest BCUT2D eigenvalue weighted by atomic mass is 10.1. The molecule has 0 spiro atoms. The second-order valence-corrected chi connectivity index (χ2v) is 20.6. The van der Waals surface area contributed by atoms with E-state index < -0.39 is 26.4 Å². The van der Waals surface area contributed by atoms with E-state index in [1.54, 1.807) is 0 Å². The van der Waals surface area contributed by atoms with E-state index >= 15 is 4.57 Å². The molecule has 0 radical (unpaired) electrons. The van der Waals surface area contributed by atoms with Gasteiger partial charge in [-0.15, -0.1) is 0 Å². The quantitative estimate of drug-likeness (QED) is 0.121. The van der Waals surface area contributed by atoms with Crippen LogP contribution >= 0.6 is 7.37 Å². The number of hydrogen-bond acceptors (Lipinski definition) is 7. The number of hydrogen-bond donors (Lipinski definition) is 1. The van der Waals surface area contributed by atoms with Crippen molar-refractivity contribution in [1.82, 2.24) is 7.43 Å². The highest BCUT2D eigenvalue weighted by Crippen LogP contribution is 2.53. The van der Waals surface area contributed by atoms with Gasteiger partial charge < -0.3 is 12.0 Å². The Bertz CT molecular complexity index is 3120. The van der Waals surface area contributed by atoms with Gasteiger partial charge in [0.2, 0.25) is 0 Å². The van der Waals surface area contributed by atoms with Crippen molar-refractivity contribution in [2.24, 2.45) is 25.0 Å². The van der Waals surface area contributed by atoms with Crippen LogP contribution in [0, 0.1) is 5.41 Å². The van der Waals surface area contributed by atoms with Gasteiger partial charge in [-0.3, -0.25) is 9.97 Å². The van der Waals surface area contributed by atoms with E-state index in [1.807, 2.05) is 152 Å². The van der Waals surface area contributed by atoms with Gasteiger partial charge in [0, 0.05) is 61.0 Å². The van der Waals surface area contributed by atoms with Crippen LogP contribution in [0.2, 0.25) is 0 Å². The van der Waals surface area contributed by atoms with Crippen LogP contribution in [0.3, 0.4) is 0 Å². The van der Waals surface area contributed by atoms with Crippen molar-refractivity contribution in [2.45, 2.75) is 31.2 Å². The molecule has 0 unspecified atom stereocenters. The molecule has 0 saturated heterocycles. The lowest BCUT2D eigenvalue weighted by Crippen LogP contribution is -2.64. The third-order valence-electron chi connectivity index (χ3n) is 12.2. The van der Waals surface area contributed by atoms with Crippen LogP contribution in [0.25, 0.3) is 10.8 Å². The Balaban J connectivity index is 1.29. The Morgan fingerprint density at radius 1 is 0.639 bits per heavy atom. The number of rotatable bonds is 8. The van der Waals surface area contributed by atoms with Crippen molar-refractivity contribution in [1.29, 1.82) is 5.41 Å². The summed E-state index contributed by atoms with van der Waals surface area (Å²) in [5.41, 5.74) is 5.17. The molecule has 5 heterocycles. The lowest BCUT2D eigenvalue weighted by Gasteiger charge is -2.43. The lowest BCUT2D eigenvalue weighted by molar-refractivity contribution is 0.141. The van der Waals surface area contributed by atoms with Crippen molar-refractivity contribution in [3.8, 4) is 0 Å². The minimum absolute atomic E-state index is 0.276. The zero-order valence-electron chi connectivity index (χ0n) is 33.5. The molecule has 0 amide bonds. The van der Waals surface area contributed by atoms with Crippen LogP contribution in [0.4, 0.5) is 11.6 Å². The van der Waals surface area contributed by atoms with Gasteiger partial charge in [0.25, 0.3) is 7.37 Å².